The van der Waals surface area contributed by atoms with E-state index in [4.69, 9.17) is 0 Å². The van der Waals surface area contributed by atoms with Crippen LogP contribution >= 0.6 is 0 Å². The van der Waals surface area contributed by atoms with Crippen LogP contribution in [0.15, 0.2) is 24.3 Å². The van der Waals surface area contributed by atoms with Gasteiger partial charge in [0.15, 0.2) is 0 Å². The zero-order valence-electron chi connectivity index (χ0n) is 11.9. The molecule has 1 fully saturated rings. The number of anilines is 1. The summed E-state index contributed by atoms with van der Waals surface area (Å²) in [6.07, 6.45) is 2.50. The van der Waals surface area contributed by atoms with E-state index >= 15 is 0 Å². The number of rotatable bonds is 5. The van der Waals surface area contributed by atoms with E-state index in [-0.39, 0.29) is 0 Å². The number of likely N-dealkylation sites (tertiary alicyclic amines) is 1. The van der Waals surface area contributed by atoms with Crippen molar-refractivity contribution in [2.24, 2.45) is 11.8 Å². The molecule has 1 N–H and O–H groups in total. The van der Waals surface area contributed by atoms with Crippen LogP contribution in [0.5, 0.6) is 0 Å². The third-order valence-electron chi connectivity index (χ3n) is 3.68. The minimum Gasteiger partial charge on any atom is -0.385 e. The highest BCUT2D eigenvalue weighted by Crippen LogP contribution is 2.17. The maximum atomic E-state index is 3.56. The van der Waals surface area contributed by atoms with E-state index in [0.29, 0.717) is 0 Å². The van der Waals surface area contributed by atoms with Gasteiger partial charge in [0.2, 0.25) is 0 Å². The van der Waals surface area contributed by atoms with Gasteiger partial charge in [-0.25, -0.2) is 0 Å². The fourth-order valence-electron chi connectivity index (χ4n) is 2.69. The zero-order valence-corrected chi connectivity index (χ0v) is 11.9. The Morgan fingerprint density at radius 2 is 2.00 bits per heavy atom. The first-order valence-corrected chi connectivity index (χ1v) is 7.15. The maximum Gasteiger partial charge on any atom is 0.0340 e. The summed E-state index contributed by atoms with van der Waals surface area (Å²) in [4.78, 5) is 2.41. The Kier molecular flexibility index (Phi) is 4.65. The van der Waals surface area contributed by atoms with Crippen LogP contribution in [0.4, 0.5) is 5.69 Å². The summed E-state index contributed by atoms with van der Waals surface area (Å²) >= 11 is 0. The van der Waals surface area contributed by atoms with E-state index in [0.717, 1.165) is 18.4 Å². The standard InChI is InChI=1S/C16H26N2/c1-13(2)10-14-4-6-16(7-5-14)17-11-15-8-9-18(3)12-15/h4-7,13,15,17H,8-12H2,1-3H3. The van der Waals surface area contributed by atoms with E-state index < -0.39 is 0 Å². The quantitative estimate of drug-likeness (QED) is 0.858. The highest BCUT2D eigenvalue weighted by Gasteiger charge is 2.18. The van der Waals surface area contributed by atoms with E-state index in [2.05, 4.69) is 55.4 Å². The van der Waals surface area contributed by atoms with Crippen molar-refractivity contribution in [3.05, 3.63) is 29.8 Å². The van der Waals surface area contributed by atoms with Crippen molar-refractivity contribution in [1.29, 1.82) is 0 Å². The molecule has 1 unspecified atom stereocenters. The fraction of sp³-hybridized carbons (Fsp3) is 0.625. The predicted octanol–water partition coefficient (Wildman–Crippen LogP) is 3.25. The van der Waals surface area contributed by atoms with Crippen molar-refractivity contribution in [2.75, 3.05) is 32.0 Å². The first kappa shape index (κ1) is 13.4. The second-order valence-corrected chi connectivity index (χ2v) is 6.09. The van der Waals surface area contributed by atoms with Gasteiger partial charge in [-0.3, -0.25) is 0 Å². The number of hydrogen-bond donors (Lipinski definition) is 1. The third-order valence-corrected chi connectivity index (χ3v) is 3.68. The third kappa shape index (κ3) is 4.02. The Morgan fingerprint density at radius 1 is 1.28 bits per heavy atom. The molecule has 2 nitrogen and oxygen atoms in total. The molecule has 18 heavy (non-hydrogen) atoms. The molecule has 0 saturated carbocycles. The fourth-order valence-corrected chi connectivity index (χ4v) is 2.69. The first-order chi connectivity index (χ1) is 8.63. The van der Waals surface area contributed by atoms with E-state index in [9.17, 15) is 0 Å². The Bertz CT molecular complexity index is 356. The van der Waals surface area contributed by atoms with Crippen molar-refractivity contribution in [3.63, 3.8) is 0 Å². The maximum absolute atomic E-state index is 3.56. The van der Waals surface area contributed by atoms with Crippen LogP contribution in [0, 0.1) is 11.8 Å². The van der Waals surface area contributed by atoms with Gasteiger partial charge in [-0.1, -0.05) is 26.0 Å². The molecule has 1 heterocycles. The number of benzene rings is 1. The second-order valence-electron chi connectivity index (χ2n) is 6.09. The molecular formula is C16H26N2. The highest BCUT2D eigenvalue weighted by atomic mass is 15.1. The Balaban J connectivity index is 1.79. The molecule has 2 heteroatoms. The Hall–Kier alpha value is -1.02. The van der Waals surface area contributed by atoms with Gasteiger partial charge >= 0.3 is 0 Å². The molecule has 1 aromatic rings. The number of nitrogens with one attached hydrogen (secondary N) is 1. The largest absolute Gasteiger partial charge is 0.385 e. The van der Waals surface area contributed by atoms with Gasteiger partial charge in [0.25, 0.3) is 0 Å². The molecule has 0 bridgehead atoms. The lowest BCUT2D eigenvalue weighted by Crippen LogP contribution is -2.19. The summed E-state index contributed by atoms with van der Waals surface area (Å²) in [5, 5.41) is 3.56. The molecule has 0 amide bonds. The number of hydrogen-bond acceptors (Lipinski definition) is 2. The zero-order chi connectivity index (χ0) is 13.0. The van der Waals surface area contributed by atoms with Gasteiger partial charge in [0, 0.05) is 18.8 Å². The van der Waals surface area contributed by atoms with Gasteiger partial charge in [-0.2, -0.15) is 0 Å². The second kappa shape index (κ2) is 6.24. The lowest BCUT2D eigenvalue weighted by atomic mass is 10.0. The van der Waals surface area contributed by atoms with Crippen LogP contribution in [0.3, 0.4) is 0 Å². The summed E-state index contributed by atoms with van der Waals surface area (Å²) in [7, 11) is 2.21. The molecule has 100 valence electrons. The van der Waals surface area contributed by atoms with E-state index in [1.807, 2.05) is 0 Å². The summed E-state index contributed by atoms with van der Waals surface area (Å²) in [6, 6.07) is 8.94. The van der Waals surface area contributed by atoms with Crippen LogP contribution < -0.4 is 5.32 Å². The minimum absolute atomic E-state index is 0.734. The monoisotopic (exact) mass is 246 g/mol. The molecule has 1 saturated heterocycles. The average molecular weight is 246 g/mol. The van der Waals surface area contributed by atoms with Gasteiger partial charge in [0.1, 0.15) is 0 Å². The molecule has 1 aromatic carbocycles. The molecule has 0 spiro atoms. The Morgan fingerprint density at radius 3 is 2.56 bits per heavy atom. The van der Waals surface area contributed by atoms with Gasteiger partial charge < -0.3 is 10.2 Å². The SMILES string of the molecule is CC(C)Cc1ccc(NCC2CCN(C)C2)cc1. The smallest absolute Gasteiger partial charge is 0.0340 e. The van der Waals surface area contributed by atoms with Crippen molar-refractivity contribution < 1.29 is 0 Å². The summed E-state index contributed by atoms with van der Waals surface area (Å²) < 4.78 is 0. The molecule has 0 aliphatic carbocycles. The van der Waals surface area contributed by atoms with Crippen LogP contribution in [-0.4, -0.2) is 31.6 Å². The minimum atomic E-state index is 0.734. The molecule has 1 aliphatic rings. The first-order valence-electron chi connectivity index (χ1n) is 7.15. The lowest BCUT2D eigenvalue weighted by molar-refractivity contribution is 0.399. The average Bonchev–Trinajstić information content (AvgIpc) is 2.74. The van der Waals surface area contributed by atoms with Gasteiger partial charge in [0.05, 0.1) is 0 Å². The molecule has 1 aliphatic heterocycles. The van der Waals surface area contributed by atoms with Gasteiger partial charge in [-0.05, 0) is 56.0 Å². The van der Waals surface area contributed by atoms with Crippen molar-refractivity contribution in [1.82, 2.24) is 4.90 Å². The van der Waals surface area contributed by atoms with Crippen LogP contribution in [-0.2, 0) is 6.42 Å². The van der Waals surface area contributed by atoms with Crippen LogP contribution in [0.1, 0.15) is 25.8 Å². The van der Waals surface area contributed by atoms with Crippen molar-refractivity contribution in [3.8, 4) is 0 Å². The van der Waals surface area contributed by atoms with E-state index in [1.165, 1.54) is 37.2 Å². The summed E-state index contributed by atoms with van der Waals surface area (Å²) in [6.45, 7) is 8.12. The predicted molar refractivity (Wildman–Crippen MR) is 79.1 cm³/mol. The summed E-state index contributed by atoms with van der Waals surface area (Å²) in [5.74, 6) is 1.54. The highest BCUT2D eigenvalue weighted by molar-refractivity contribution is 5.44. The molecule has 0 radical (unpaired) electrons. The molecule has 0 aromatic heterocycles. The molecule has 1 atom stereocenters. The molecule has 2 rings (SSSR count). The number of nitrogens with zero attached hydrogens (tertiary/aromatic N) is 1. The topological polar surface area (TPSA) is 15.3 Å². The van der Waals surface area contributed by atoms with Gasteiger partial charge in [-0.15, -0.1) is 0 Å². The summed E-state index contributed by atoms with van der Waals surface area (Å²) in [5.41, 5.74) is 2.70. The molecular weight excluding hydrogens is 220 g/mol. The normalized spacial score (nSPS) is 20.6. The van der Waals surface area contributed by atoms with Crippen molar-refractivity contribution in [2.45, 2.75) is 26.7 Å². The van der Waals surface area contributed by atoms with Crippen LogP contribution in [0.25, 0.3) is 0 Å². The van der Waals surface area contributed by atoms with E-state index in [1.54, 1.807) is 0 Å². The van der Waals surface area contributed by atoms with Crippen LogP contribution in [0.2, 0.25) is 0 Å². The Labute approximate surface area is 111 Å². The van der Waals surface area contributed by atoms with Crippen molar-refractivity contribution >= 4 is 5.69 Å². The lowest BCUT2D eigenvalue weighted by Gasteiger charge is -2.13.